The molecule has 0 aliphatic carbocycles. The Balaban J connectivity index is 3.11. The summed E-state index contributed by atoms with van der Waals surface area (Å²) in [4.78, 5) is 7.23. The van der Waals surface area contributed by atoms with Crippen LogP contribution >= 0.6 is 0 Å². The number of rotatable bonds is 7. The van der Waals surface area contributed by atoms with Crippen LogP contribution in [-0.2, 0) is 12.0 Å². The quantitative estimate of drug-likeness (QED) is 0.819. The second kappa shape index (κ2) is 7.79. The summed E-state index contributed by atoms with van der Waals surface area (Å²) < 4.78 is 0. The van der Waals surface area contributed by atoms with Crippen molar-refractivity contribution in [3.05, 3.63) is 23.4 Å². The number of anilines is 1. The molecule has 120 valence electrons. The minimum atomic E-state index is 0.0752. The van der Waals surface area contributed by atoms with Crippen molar-refractivity contribution in [1.29, 1.82) is 0 Å². The monoisotopic (exact) mass is 291 g/mol. The molecule has 0 fully saturated rings. The Morgan fingerprint density at radius 2 is 1.90 bits per heavy atom. The maximum atomic E-state index is 4.91. The second-order valence-electron chi connectivity index (χ2n) is 7.00. The Morgan fingerprint density at radius 1 is 1.24 bits per heavy atom. The van der Waals surface area contributed by atoms with Crippen LogP contribution in [0.5, 0.6) is 0 Å². The summed E-state index contributed by atoms with van der Waals surface area (Å²) in [6.07, 6.45) is 2.40. The van der Waals surface area contributed by atoms with Crippen molar-refractivity contribution in [2.45, 2.75) is 72.4 Å². The van der Waals surface area contributed by atoms with Crippen LogP contribution in [0, 0.1) is 0 Å². The molecule has 1 atom stereocenters. The number of pyridine rings is 1. The van der Waals surface area contributed by atoms with E-state index in [9.17, 15) is 0 Å². The van der Waals surface area contributed by atoms with Crippen molar-refractivity contribution in [2.24, 2.45) is 0 Å². The topological polar surface area (TPSA) is 28.2 Å². The van der Waals surface area contributed by atoms with E-state index >= 15 is 0 Å². The molecule has 1 unspecified atom stereocenters. The van der Waals surface area contributed by atoms with Crippen molar-refractivity contribution in [3.63, 3.8) is 0 Å². The predicted octanol–water partition coefficient (Wildman–Crippen LogP) is 4.11. The number of nitrogens with zero attached hydrogens (tertiary/aromatic N) is 2. The third-order valence-electron chi connectivity index (χ3n) is 3.95. The lowest BCUT2D eigenvalue weighted by Gasteiger charge is -2.28. The van der Waals surface area contributed by atoms with E-state index in [0.717, 1.165) is 18.9 Å². The van der Waals surface area contributed by atoms with Gasteiger partial charge in [-0.15, -0.1) is 0 Å². The third kappa shape index (κ3) is 5.31. The molecule has 3 heteroatoms. The first-order chi connectivity index (χ1) is 9.79. The maximum Gasteiger partial charge on any atom is 0.129 e. The lowest BCUT2D eigenvalue weighted by molar-refractivity contribution is 0.560. The molecular formula is C18H33N3. The lowest BCUT2D eigenvalue weighted by atomic mass is 9.90. The zero-order chi connectivity index (χ0) is 16.0. The SMILES string of the molecule is CCCC(C)N(C)c1cc(CNCC)cc(C(C)(C)C)n1. The molecule has 3 nitrogen and oxygen atoms in total. The van der Waals surface area contributed by atoms with Crippen molar-refractivity contribution >= 4 is 5.82 Å². The maximum absolute atomic E-state index is 4.91. The van der Waals surface area contributed by atoms with Crippen LogP contribution in [0.3, 0.4) is 0 Å². The molecule has 0 bridgehead atoms. The van der Waals surface area contributed by atoms with Gasteiger partial charge in [-0.3, -0.25) is 0 Å². The van der Waals surface area contributed by atoms with Gasteiger partial charge >= 0.3 is 0 Å². The Bertz CT molecular complexity index is 435. The normalized spacial score (nSPS) is 13.3. The fourth-order valence-corrected chi connectivity index (χ4v) is 2.34. The van der Waals surface area contributed by atoms with Crippen LogP contribution in [0.15, 0.2) is 12.1 Å². The Hall–Kier alpha value is -1.09. The largest absolute Gasteiger partial charge is 0.357 e. The standard InChI is InChI=1S/C18H33N3/c1-8-10-14(3)21(7)17-12-15(13-19-9-2)11-16(20-17)18(4,5)6/h11-12,14,19H,8-10,13H2,1-7H3. The highest BCUT2D eigenvalue weighted by Gasteiger charge is 2.19. The zero-order valence-electron chi connectivity index (χ0n) is 15.0. The summed E-state index contributed by atoms with van der Waals surface area (Å²) in [5, 5.41) is 3.42. The van der Waals surface area contributed by atoms with Crippen molar-refractivity contribution in [2.75, 3.05) is 18.5 Å². The molecule has 0 aliphatic rings. The second-order valence-corrected chi connectivity index (χ2v) is 7.00. The summed E-state index contributed by atoms with van der Waals surface area (Å²) in [7, 11) is 2.16. The van der Waals surface area contributed by atoms with Gasteiger partial charge in [0, 0.05) is 30.7 Å². The van der Waals surface area contributed by atoms with Crippen LogP contribution in [-0.4, -0.2) is 24.6 Å². The van der Waals surface area contributed by atoms with Gasteiger partial charge < -0.3 is 10.2 Å². The third-order valence-corrected chi connectivity index (χ3v) is 3.95. The number of hydrogen-bond acceptors (Lipinski definition) is 3. The highest BCUT2D eigenvalue weighted by Crippen LogP contribution is 2.25. The molecule has 0 saturated carbocycles. The molecule has 1 heterocycles. The molecule has 1 aromatic heterocycles. The van der Waals surface area contributed by atoms with E-state index in [1.165, 1.54) is 24.1 Å². The molecule has 0 aromatic carbocycles. The summed E-state index contributed by atoms with van der Waals surface area (Å²) in [6, 6.07) is 4.99. The fourth-order valence-electron chi connectivity index (χ4n) is 2.34. The van der Waals surface area contributed by atoms with E-state index in [0.29, 0.717) is 6.04 Å². The van der Waals surface area contributed by atoms with Gasteiger partial charge in [-0.1, -0.05) is 41.0 Å². The molecule has 0 spiro atoms. The van der Waals surface area contributed by atoms with Gasteiger partial charge in [-0.2, -0.15) is 0 Å². The first-order valence-electron chi connectivity index (χ1n) is 8.24. The lowest BCUT2D eigenvalue weighted by Crippen LogP contribution is -2.30. The zero-order valence-corrected chi connectivity index (χ0v) is 15.0. The van der Waals surface area contributed by atoms with E-state index < -0.39 is 0 Å². The average molecular weight is 291 g/mol. The van der Waals surface area contributed by atoms with Gasteiger partial charge in [0.1, 0.15) is 5.82 Å². The molecule has 1 rings (SSSR count). The molecule has 0 aliphatic heterocycles. The predicted molar refractivity (Wildman–Crippen MR) is 93.1 cm³/mol. The van der Waals surface area contributed by atoms with Crippen LogP contribution in [0.2, 0.25) is 0 Å². The van der Waals surface area contributed by atoms with Gasteiger partial charge in [-0.25, -0.2) is 4.98 Å². The minimum Gasteiger partial charge on any atom is -0.357 e. The Kier molecular flexibility index (Phi) is 6.66. The summed E-state index contributed by atoms with van der Waals surface area (Å²) >= 11 is 0. The number of aromatic nitrogens is 1. The molecule has 0 saturated heterocycles. The van der Waals surface area contributed by atoms with E-state index in [1.54, 1.807) is 0 Å². The molecule has 0 radical (unpaired) electrons. The van der Waals surface area contributed by atoms with Crippen LogP contribution < -0.4 is 10.2 Å². The Labute approximate surface area is 131 Å². The van der Waals surface area contributed by atoms with E-state index in [-0.39, 0.29) is 5.41 Å². The van der Waals surface area contributed by atoms with Crippen LogP contribution in [0.1, 0.15) is 65.6 Å². The molecule has 0 amide bonds. The van der Waals surface area contributed by atoms with Gasteiger partial charge in [0.25, 0.3) is 0 Å². The van der Waals surface area contributed by atoms with Gasteiger partial charge in [0.05, 0.1) is 0 Å². The summed E-state index contributed by atoms with van der Waals surface area (Å²) in [5.41, 5.74) is 2.57. The van der Waals surface area contributed by atoms with E-state index in [4.69, 9.17) is 4.98 Å². The van der Waals surface area contributed by atoms with Gasteiger partial charge in [-0.05, 0) is 37.6 Å². The van der Waals surface area contributed by atoms with Crippen LogP contribution in [0.25, 0.3) is 0 Å². The average Bonchev–Trinajstić information content (AvgIpc) is 2.43. The first-order valence-corrected chi connectivity index (χ1v) is 8.24. The van der Waals surface area contributed by atoms with Gasteiger partial charge in [0.2, 0.25) is 0 Å². The number of nitrogens with one attached hydrogen (secondary N) is 1. The van der Waals surface area contributed by atoms with E-state index in [1.807, 2.05) is 0 Å². The molecule has 1 N–H and O–H groups in total. The highest BCUT2D eigenvalue weighted by atomic mass is 15.2. The Morgan fingerprint density at radius 3 is 2.43 bits per heavy atom. The van der Waals surface area contributed by atoms with Crippen molar-refractivity contribution in [3.8, 4) is 0 Å². The van der Waals surface area contributed by atoms with Crippen LogP contribution in [0.4, 0.5) is 5.82 Å². The summed E-state index contributed by atoms with van der Waals surface area (Å²) in [6.45, 7) is 15.2. The smallest absolute Gasteiger partial charge is 0.129 e. The molecule has 1 aromatic rings. The van der Waals surface area contributed by atoms with Crippen molar-refractivity contribution < 1.29 is 0 Å². The molecular weight excluding hydrogens is 258 g/mol. The summed E-state index contributed by atoms with van der Waals surface area (Å²) in [5.74, 6) is 1.09. The van der Waals surface area contributed by atoms with Crippen molar-refractivity contribution in [1.82, 2.24) is 10.3 Å². The fraction of sp³-hybridized carbons (Fsp3) is 0.722. The van der Waals surface area contributed by atoms with E-state index in [2.05, 4.69) is 70.9 Å². The first kappa shape index (κ1) is 18.0. The van der Waals surface area contributed by atoms with Gasteiger partial charge in [0.15, 0.2) is 0 Å². The number of hydrogen-bond donors (Lipinski definition) is 1. The molecule has 21 heavy (non-hydrogen) atoms. The highest BCUT2D eigenvalue weighted by molar-refractivity contribution is 5.44. The minimum absolute atomic E-state index is 0.0752.